The van der Waals surface area contributed by atoms with Crippen molar-refractivity contribution >= 4 is 6.09 Å². The Morgan fingerprint density at radius 3 is 2.43 bits per heavy atom. The summed E-state index contributed by atoms with van der Waals surface area (Å²) in [6.45, 7) is 10.5. The SMILES string of the molecule is COc1cc(CNCC(C)(C)NC(=O)OC(C)(C)C)ccc1O. The lowest BCUT2D eigenvalue weighted by molar-refractivity contribution is 0.0472. The van der Waals surface area contributed by atoms with Gasteiger partial charge in [0.25, 0.3) is 0 Å². The number of phenolic OH excluding ortho intramolecular Hbond substituents is 1. The van der Waals surface area contributed by atoms with Crippen molar-refractivity contribution in [3.63, 3.8) is 0 Å². The molecule has 130 valence electrons. The lowest BCUT2D eigenvalue weighted by atomic mass is 10.1. The Morgan fingerprint density at radius 1 is 1.22 bits per heavy atom. The summed E-state index contributed by atoms with van der Waals surface area (Å²) in [5, 5.41) is 15.7. The van der Waals surface area contributed by atoms with E-state index in [1.807, 2.05) is 40.7 Å². The van der Waals surface area contributed by atoms with Gasteiger partial charge in [-0.05, 0) is 52.3 Å². The van der Waals surface area contributed by atoms with E-state index in [9.17, 15) is 9.90 Å². The second-order valence-corrected chi connectivity index (χ2v) is 7.12. The smallest absolute Gasteiger partial charge is 0.408 e. The van der Waals surface area contributed by atoms with E-state index in [1.54, 1.807) is 12.1 Å². The molecule has 1 aromatic carbocycles. The minimum absolute atomic E-state index is 0.114. The summed E-state index contributed by atoms with van der Waals surface area (Å²) in [5.41, 5.74) is 0.00667. The van der Waals surface area contributed by atoms with Gasteiger partial charge in [-0.3, -0.25) is 0 Å². The molecule has 6 heteroatoms. The molecule has 0 aliphatic heterocycles. The predicted molar refractivity (Wildman–Crippen MR) is 89.8 cm³/mol. The largest absolute Gasteiger partial charge is 0.504 e. The van der Waals surface area contributed by atoms with Gasteiger partial charge in [-0.1, -0.05) is 6.07 Å². The van der Waals surface area contributed by atoms with E-state index in [0.29, 0.717) is 18.8 Å². The summed E-state index contributed by atoms with van der Waals surface area (Å²) in [6.07, 6.45) is -0.435. The first kappa shape index (κ1) is 19.1. The number of ether oxygens (including phenoxy) is 2. The van der Waals surface area contributed by atoms with Gasteiger partial charge < -0.3 is 25.2 Å². The van der Waals surface area contributed by atoms with Gasteiger partial charge in [-0.2, -0.15) is 0 Å². The zero-order chi connectivity index (χ0) is 17.7. The van der Waals surface area contributed by atoms with Crippen molar-refractivity contribution < 1.29 is 19.4 Å². The molecule has 23 heavy (non-hydrogen) atoms. The van der Waals surface area contributed by atoms with E-state index >= 15 is 0 Å². The Balaban J connectivity index is 2.48. The van der Waals surface area contributed by atoms with Gasteiger partial charge in [0.2, 0.25) is 0 Å². The fraction of sp³-hybridized carbons (Fsp3) is 0.588. The second kappa shape index (κ2) is 7.55. The van der Waals surface area contributed by atoms with Gasteiger partial charge in [0, 0.05) is 13.1 Å². The first-order valence-electron chi connectivity index (χ1n) is 7.60. The van der Waals surface area contributed by atoms with E-state index in [4.69, 9.17) is 9.47 Å². The van der Waals surface area contributed by atoms with E-state index < -0.39 is 17.2 Å². The Morgan fingerprint density at radius 2 is 1.87 bits per heavy atom. The summed E-state index contributed by atoms with van der Waals surface area (Å²) < 4.78 is 10.3. The first-order valence-corrected chi connectivity index (χ1v) is 7.60. The molecule has 0 spiro atoms. The molecule has 0 unspecified atom stereocenters. The average Bonchev–Trinajstić information content (AvgIpc) is 2.37. The van der Waals surface area contributed by atoms with Crippen molar-refractivity contribution in [2.24, 2.45) is 0 Å². The van der Waals surface area contributed by atoms with E-state index in [1.165, 1.54) is 7.11 Å². The van der Waals surface area contributed by atoms with Gasteiger partial charge in [-0.25, -0.2) is 4.79 Å². The van der Waals surface area contributed by atoms with E-state index in [-0.39, 0.29) is 5.75 Å². The summed E-state index contributed by atoms with van der Waals surface area (Å²) in [7, 11) is 1.51. The standard InChI is InChI=1S/C17H28N2O4/c1-16(2,3)23-15(21)19-17(4,5)11-18-10-12-7-8-13(20)14(9-12)22-6/h7-9,18,20H,10-11H2,1-6H3,(H,19,21). The van der Waals surface area contributed by atoms with Crippen molar-refractivity contribution in [3.05, 3.63) is 23.8 Å². The minimum atomic E-state index is -0.518. The molecule has 0 atom stereocenters. The molecule has 0 aliphatic carbocycles. The molecular formula is C17H28N2O4. The Hall–Kier alpha value is -1.95. The fourth-order valence-electron chi connectivity index (χ4n) is 1.98. The van der Waals surface area contributed by atoms with Crippen LogP contribution in [-0.4, -0.2) is 36.0 Å². The monoisotopic (exact) mass is 324 g/mol. The molecular weight excluding hydrogens is 296 g/mol. The molecule has 0 saturated heterocycles. The molecule has 1 rings (SSSR count). The average molecular weight is 324 g/mol. The number of alkyl carbamates (subject to hydrolysis) is 1. The van der Waals surface area contributed by atoms with Crippen LogP contribution in [0.15, 0.2) is 18.2 Å². The Labute approximate surface area is 138 Å². The van der Waals surface area contributed by atoms with E-state index in [2.05, 4.69) is 10.6 Å². The van der Waals surface area contributed by atoms with Crippen LogP contribution in [0.2, 0.25) is 0 Å². The maximum absolute atomic E-state index is 11.8. The number of carbonyl (C=O) groups is 1. The summed E-state index contributed by atoms with van der Waals surface area (Å²) >= 11 is 0. The van der Waals surface area contributed by atoms with Crippen LogP contribution in [0.4, 0.5) is 4.79 Å². The van der Waals surface area contributed by atoms with Crippen LogP contribution in [0.3, 0.4) is 0 Å². The number of nitrogens with one attached hydrogen (secondary N) is 2. The van der Waals surface area contributed by atoms with Crippen LogP contribution in [0.25, 0.3) is 0 Å². The first-order chi connectivity index (χ1) is 10.5. The molecule has 0 heterocycles. The minimum Gasteiger partial charge on any atom is -0.504 e. The van der Waals surface area contributed by atoms with Gasteiger partial charge >= 0.3 is 6.09 Å². The van der Waals surface area contributed by atoms with Crippen molar-refractivity contribution in [2.75, 3.05) is 13.7 Å². The molecule has 1 amide bonds. The van der Waals surface area contributed by atoms with Crippen LogP contribution in [-0.2, 0) is 11.3 Å². The third-order valence-electron chi connectivity index (χ3n) is 2.98. The number of benzene rings is 1. The van der Waals surface area contributed by atoms with Crippen molar-refractivity contribution in [3.8, 4) is 11.5 Å². The topological polar surface area (TPSA) is 79.8 Å². The second-order valence-electron chi connectivity index (χ2n) is 7.12. The number of rotatable bonds is 6. The molecule has 0 radical (unpaired) electrons. The number of aromatic hydroxyl groups is 1. The molecule has 0 fully saturated rings. The molecule has 0 saturated carbocycles. The van der Waals surface area contributed by atoms with Crippen molar-refractivity contribution in [1.82, 2.24) is 10.6 Å². The zero-order valence-corrected chi connectivity index (χ0v) is 14.8. The van der Waals surface area contributed by atoms with Gasteiger partial charge in [-0.15, -0.1) is 0 Å². The highest BCUT2D eigenvalue weighted by Crippen LogP contribution is 2.26. The van der Waals surface area contributed by atoms with Gasteiger partial charge in [0.15, 0.2) is 11.5 Å². The van der Waals surface area contributed by atoms with Crippen LogP contribution in [0, 0.1) is 0 Å². The highest BCUT2D eigenvalue weighted by molar-refractivity contribution is 5.68. The number of carbonyl (C=O) groups excluding carboxylic acids is 1. The highest BCUT2D eigenvalue weighted by atomic mass is 16.6. The number of hydrogen-bond acceptors (Lipinski definition) is 5. The van der Waals surface area contributed by atoms with Crippen LogP contribution in [0.1, 0.15) is 40.2 Å². The van der Waals surface area contributed by atoms with Crippen LogP contribution >= 0.6 is 0 Å². The molecule has 0 aliphatic rings. The van der Waals surface area contributed by atoms with Gasteiger partial charge in [0.1, 0.15) is 5.60 Å². The number of phenols is 1. The number of amides is 1. The molecule has 0 bridgehead atoms. The summed E-state index contributed by atoms with van der Waals surface area (Å²) in [6, 6.07) is 5.19. The lowest BCUT2D eigenvalue weighted by Gasteiger charge is -2.29. The van der Waals surface area contributed by atoms with E-state index in [0.717, 1.165) is 5.56 Å². The highest BCUT2D eigenvalue weighted by Gasteiger charge is 2.24. The summed E-state index contributed by atoms with van der Waals surface area (Å²) in [5.74, 6) is 0.554. The lowest BCUT2D eigenvalue weighted by Crippen LogP contribution is -2.51. The summed E-state index contributed by atoms with van der Waals surface area (Å²) in [4.78, 5) is 11.8. The van der Waals surface area contributed by atoms with Crippen molar-refractivity contribution in [1.29, 1.82) is 0 Å². The van der Waals surface area contributed by atoms with Crippen molar-refractivity contribution in [2.45, 2.75) is 52.3 Å². The third kappa shape index (κ3) is 7.23. The number of methoxy groups -OCH3 is 1. The third-order valence-corrected chi connectivity index (χ3v) is 2.98. The number of hydrogen-bond donors (Lipinski definition) is 3. The fourth-order valence-corrected chi connectivity index (χ4v) is 1.98. The van der Waals surface area contributed by atoms with Crippen LogP contribution < -0.4 is 15.4 Å². The van der Waals surface area contributed by atoms with Gasteiger partial charge in [0.05, 0.1) is 12.6 Å². The molecule has 1 aromatic rings. The Bertz CT molecular complexity index is 536. The molecule has 6 nitrogen and oxygen atoms in total. The Kier molecular flexibility index (Phi) is 6.27. The maximum Gasteiger partial charge on any atom is 0.408 e. The quantitative estimate of drug-likeness (QED) is 0.750. The molecule has 0 aromatic heterocycles. The van der Waals surface area contributed by atoms with Crippen LogP contribution in [0.5, 0.6) is 11.5 Å². The normalized spacial score (nSPS) is 11.9. The zero-order valence-electron chi connectivity index (χ0n) is 14.8. The predicted octanol–water partition coefficient (Wildman–Crippen LogP) is 2.79. The maximum atomic E-state index is 11.8. The molecule has 3 N–H and O–H groups in total.